The highest BCUT2D eigenvalue weighted by Gasteiger charge is 2.45. The molecule has 0 N–H and O–H groups in total. The Bertz CT molecular complexity index is 541. The lowest BCUT2D eigenvalue weighted by Crippen LogP contribution is -2.35. The van der Waals surface area contributed by atoms with Crippen molar-refractivity contribution in [3.05, 3.63) is 35.6 Å². The lowest BCUT2D eigenvalue weighted by molar-refractivity contribution is -0.122. The van der Waals surface area contributed by atoms with Crippen LogP contribution in [0.1, 0.15) is 31.2 Å². The summed E-state index contributed by atoms with van der Waals surface area (Å²) >= 11 is 0. The first-order valence-corrected chi connectivity index (χ1v) is 8.68. The van der Waals surface area contributed by atoms with Crippen molar-refractivity contribution in [2.24, 2.45) is 0 Å². The highest BCUT2D eigenvalue weighted by Crippen LogP contribution is 2.50. The first kappa shape index (κ1) is 16.3. The van der Waals surface area contributed by atoms with E-state index in [2.05, 4.69) is 0 Å². The second kappa shape index (κ2) is 6.39. The Morgan fingerprint density at radius 3 is 2.19 bits per heavy atom. The van der Waals surface area contributed by atoms with E-state index < -0.39 is 13.0 Å². The van der Waals surface area contributed by atoms with E-state index in [1.165, 1.54) is 26.4 Å². The molecule has 1 aliphatic carbocycles. The van der Waals surface area contributed by atoms with Gasteiger partial charge in [0, 0.05) is 14.2 Å². The minimum atomic E-state index is -3.39. The molecule has 0 amide bonds. The normalized spacial score (nSPS) is 17.9. The van der Waals surface area contributed by atoms with Gasteiger partial charge in [-0.15, -0.1) is 0 Å². The standard InChI is InChI=1S/C15H20FO4P/c1-19-21(18,20-2)11-14(17)15(9-3-4-10-15)12-5-7-13(16)8-6-12/h5-8H,3-4,9-11H2,1-2H3. The van der Waals surface area contributed by atoms with Crippen LogP contribution in [0.25, 0.3) is 0 Å². The number of hydrogen-bond acceptors (Lipinski definition) is 4. The van der Waals surface area contributed by atoms with Gasteiger partial charge in [0.15, 0.2) is 5.78 Å². The minimum Gasteiger partial charge on any atom is -0.312 e. The number of halogens is 1. The van der Waals surface area contributed by atoms with Crippen molar-refractivity contribution in [3.63, 3.8) is 0 Å². The van der Waals surface area contributed by atoms with Gasteiger partial charge in [-0.25, -0.2) is 4.39 Å². The molecule has 21 heavy (non-hydrogen) atoms. The Labute approximate surface area is 124 Å². The van der Waals surface area contributed by atoms with E-state index >= 15 is 0 Å². The van der Waals surface area contributed by atoms with E-state index in [1.807, 2.05) is 0 Å². The third-order valence-corrected chi connectivity index (χ3v) is 6.07. The second-order valence-corrected chi connectivity index (χ2v) is 7.62. The number of carbonyl (C=O) groups is 1. The molecule has 1 aliphatic rings. The Morgan fingerprint density at radius 1 is 1.19 bits per heavy atom. The van der Waals surface area contributed by atoms with Crippen LogP contribution in [0.5, 0.6) is 0 Å². The largest absolute Gasteiger partial charge is 0.337 e. The van der Waals surface area contributed by atoms with Gasteiger partial charge in [0.1, 0.15) is 12.0 Å². The number of carbonyl (C=O) groups excluding carboxylic acids is 1. The number of hydrogen-bond donors (Lipinski definition) is 0. The molecule has 0 aliphatic heterocycles. The van der Waals surface area contributed by atoms with E-state index in [-0.39, 0.29) is 17.8 Å². The summed E-state index contributed by atoms with van der Waals surface area (Å²) in [5.41, 5.74) is 0.0885. The highest BCUT2D eigenvalue weighted by molar-refractivity contribution is 7.54. The molecule has 6 heteroatoms. The summed E-state index contributed by atoms with van der Waals surface area (Å²) in [7, 11) is -0.837. The summed E-state index contributed by atoms with van der Waals surface area (Å²) in [5, 5.41) is 0. The summed E-state index contributed by atoms with van der Waals surface area (Å²) in [6, 6.07) is 6.00. The maximum Gasteiger partial charge on any atom is 0.337 e. The molecular formula is C15H20FO4P. The highest BCUT2D eigenvalue weighted by atomic mass is 31.2. The number of benzene rings is 1. The molecule has 2 rings (SSSR count). The van der Waals surface area contributed by atoms with Crippen LogP contribution in [0.4, 0.5) is 4.39 Å². The first-order valence-electron chi connectivity index (χ1n) is 6.96. The third-order valence-electron chi connectivity index (χ3n) is 4.28. The van der Waals surface area contributed by atoms with Gasteiger partial charge in [-0.1, -0.05) is 25.0 Å². The molecule has 0 aromatic heterocycles. The lowest BCUT2D eigenvalue weighted by atomic mass is 9.76. The fourth-order valence-corrected chi connectivity index (χ4v) is 4.07. The van der Waals surface area contributed by atoms with E-state index in [9.17, 15) is 13.8 Å². The summed E-state index contributed by atoms with van der Waals surface area (Å²) < 4.78 is 35.1. The summed E-state index contributed by atoms with van der Waals surface area (Å²) in [5.74, 6) is -0.488. The van der Waals surface area contributed by atoms with E-state index in [4.69, 9.17) is 9.05 Å². The van der Waals surface area contributed by atoms with Crippen LogP contribution in [0, 0.1) is 5.82 Å². The maximum atomic E-state index is 13.1. The zero-order valence-electron chi connectivity index (χ0n) is 12.3. The molecule has 0 bridgehead atoms. The Balaban J connectivity index is 2.32. The average molecular weight is 314 g/mol. The molecule has 4 nitrogen and oxygen atoms in total. The van der Waals surface area contributed by atoms with Gasteiger partial charge in [-0.3, -0.25) is 9.36 Å². The van der Waals surface area contributed by atoms with Gasteiger partial charge in [-0.05, 0) is 30.5 Å². The smallest absolute Gasteiger partial charge is 0.312 e. The van der Waals surface area contributed by atoms with Crippen molar-refractivity contribution in [3.8, 4) is 0 Å². The molecule has 1 aromatic rings. The van der Waals surface area contributed by atoms with Crippen molar-refractivity contribution < 1.29 is 22.8 Å². The predicted molar refractivity (Wildman–Crippen MR) is 78.0 cm³/mol. The number of ketones is 1. The molecule has 0 unspecified atom stereocenters. The van der Waals surface area contributed by atoms with Crippen LogP contribution in [-0.4, -0.2) is 26.2 Å². The van der Waals surface area contributed by atoms with Gasteiger partial charge in [0.25, 0.3) is 0 Å². The Morgan fingerprint density at radius 2 is 1.71 bits per heavy atom. The fraction of sp³-hybridized carbons (Fsp3) is 0.533. The topological polar surface area (TPSA) is 52.6 Å². The predicted octanol–water partition coefficient (Wildman–Crippen LogP) is 3.69. The maximum absolute atomic E-state index is 13.1. The molecule has 0 spiro atoms. The third kappa shape index (κ3) is 3.25. The molecule has 0 atom stereocenters. The second-order valence-electron chi connectivity index (χ2n) is 5.35. The number of Topliss-reactive ketones (excluding diaryl/α,β-unsaturated/α-hetero) is 1. The van der Waals surface area contributed by atoms with Gasteiger partial charge in [-0.2, -0.15) is 0 Å². The SMILES string of the molecule is COP(=O)(CC(=O)C1(c2ccc(F)cc2)CCCC1)OC. The molecule has 0 radical (unpaired) electrons. The minimum absolute atomic E-state index is 0.154. The Hall–Kier alpha value is -1.03. The van der Waals surface area contributed by atoms with E-state index in [1.54, 1.807) is 12.1 Å². The summed E-state index contributed by atoms with van der Waals surface area (Å²) in [4.78, 5) is 12.8. The quantitative estimate of drug-likeness (QED) is 0.751. The molecular weight excluding hydrogens is 294 g/mol. The Kier molecular flexibility index (Phi) is 4.97. The molecule has 0 heterocycles. The van der Waals surface area contributed by atoms with Crippen LogP contribution < -0.4 is 0 Å². The van der Waals surface area contributed by atoms with Crippen LogP contribution in [-0.2, 0) is 23.8 Å². The summed E-state index contributed by atoms with van der Waals surface area (Å²) in [6.07, 6.45) is 2.97. The molecule has 0 saturated heterocycles. The zero-order valence-corrected chi connectivity index (χ0v) is 13.2. The van der Waals surface area contributed by atoms with Crippen LogP contribution in [0.3, 0.4) is 0 Å². The van der Waals surface area contributed by atoms with Crippen LogP contribution in [0.2, 0.25) is 0 Å². The van der Waals surface area contributed by atoms with Crippen molar-refractivity contribution in [1.82, 2.24) is 0 Å². The van der Waals surface area contributed by atoms with Crippen molar-refractivity contribution in [2.75, 3.05) is 20.4 Å². The van der Waals surface area contributed by atoms with Crippen LogP contribution >= 0.6 is 7.60 Å². The lowest BCUT2D eigenvalue weighted by Gasteiger charge is -2.29. The van der Waals surface area contributed by atoms with Gasteiger partial charge in [0.05, 0.1) is 5.41 Å². The zero-order chi connectivity index (χ0) is 15.5. The molecule has 116 valence electrons. The van der Waals surface area contributed by atoms with Crippen LogP contribution in [0.15, 0.2) is 24.3 Å². The van der Waals surface area contributed by atoms with Gasteiger partial charge in [0.2, 0.25) is 0 Å². The van der Waals surface area contributed by atoms with E-state index in [0.717, 1.165) is 18.4 Å². The summed E-state index contributed by atoms with van der Waals surface area (Å²) in [6.45, 7) is 0. The molecule has 1 saturated carbocycles. The fourth-order valence-electron chi connectivity index (χ4n) is 3.01. The molecule has 1 aromatic carbocycles. The van der Waals surface area contributed by atoms with Gasteiger partial charge < -0.3 is 9.05 Å². The van der Waals surface area contributed by atoms with Crippen molar-refractivity contribution >= 4 is 13.4 Å². The first-order chi connectivity index (χ1) is 9.96. The average Bonchev–Trinajstić information content (AvgIpc) is 2.98. The van der Waals surface area contributed by atoms with E-state index in [0.29, 0.717) is 12.8 Å². The number of rotatable bonds is 6. The van der Waals surface area contributed by atoms with Crippen molar-refractivity contribution in [1.29, 1.82) is 0 Å². The van der Waals surface area contributed by atoms with Crippen molar-refractivity contribution in [2.45, 2.75) is 31.1 Å². The monoisotopic (exact) mass is 314 g/mol. The molecule has 1 fully saturated rings. The van der Waals surface area contributed by atoms with Gasteiger partial charge >= 0.3 is 7.60 Å².